The van der Waals surface area contributed by atoms with Crippen molar-refractivity contribution in [2.75, 3.05) is 0 Å². The number of carboxylic acid groups (broad SMARTS) is 2. The molecule has 0 saturated heterocycles. The first-order valence-corrected chi connectivity index (χ1v) is 5.46. The molecule has 0 aliphatic heterocycles. The molecule has 2 aliphatic rings. The highest BCUT2D eigenvalue weighted by Gasteiger charge is 2.40. The maximum absolute atomic E-state index is 11.2. The summed E-state index contributed by atoms with van der Waals surface area (Å²) in [6.45, 7) is 0. The van der Waals surface area contributed by atoms with Crippen LogP contribution in [-0.4, -0.2) is 22.2 Å². The maximum Gasteiger partial charge on any atom is 0.311 e. The Balaban J connectivity index is 2.40. The second-order valence-corrected chi connectivity index (χ2v) is 4.28. The van der Waals surface area contributed by atoms with Crippen molar-refractivity contribution in [3.05, 3.63) is 23.3 Å². The lowest BCUT2D eigenvalue weighted by atomic mass is 9.72. The largest absolute Gasteiger partial charge is 0.481 e. The zero-order valence-electron chi connectivity index (χ0n) is 8.85. The van der Waals surface area contributed by atoms with E-state index in [9.17, 15) is 9.59 Å². The Hall–Kier alpha value is -1.58. The lowest BCUT2D eigenvalue weighted by molar-refractivity contribution is -0.152. The summed E-state index contributed by atoms with van der Waals surface area (Å²) >= 11 is 0. The van der Waals surface area contributed by atoms with Crippen LogP contribution in [0.4, 0.5) is 0 Å². The summed E-state index contributed by atoms with van der Waals surface area (Å²) in [5, 5.41) is 18.2. The molecule has 0 heterocycles. The number of carbonyl (C=O) groups is 2. The van der Waals surface area contributed by atoms with Gasteiger partial charge in [-0.1, -0.05) is 12.2 Å². The topological polar surface area (TPSA) is 74.6 Å². The van der Waals surface area contributed by atoms with Crippen molar-refractivity contribution in [1.82, 2.24) is 0 Å². The summed E-state index contributed by atoms with van der Waals surface area (Å²) in [5.41, 5.74) is 1.77. The monoisotopic (exact) mass is 222 g/mol. The molecule has 4 heteroatoms. The van der Waals surface area contributed by atoms with E-state index in [1.165, 1.54) is 0 Å². The zero-order valence-corrected chi connectivity index (χ0v) is 8.85. The summed E-state index contributed by atoms with van der Waals surface area (Å²) < 4.78 is 0. The Morgan fingerprint density at radius 1 is 1.19 bits per heavy atom. The van der Waals surface area contributed by atoms with Crippen molar-refractivity contribution < 1.29 is 19.8 Å². The molecule has 2 unspecified atom stereocenters. The maximum atomic E-state index is 11.2. The van der Waals surface area contributed by atoms with Gasteiger partial charge in [-0.05, 0) is 36.8 Å². The van der Waals surface area contributed by atoms with E-state index in [0.29, 0.717) is 6.42 Å². The molecule has 0 fully saturated rings. The Labute approximate surface area is 93.3 Å². The molecule has 16 heavy (non-hydrogen) atoms. The molecule has 2 N–H and O–H groups in total. The van der Waals surface area contributed by atoms with Crippen molar-refractivity contribution in [2.45, 2.75) is 25.7 Å². The van der Waals surface area contributed by atoms with E-state index >= 15 is 0 Å². The number of carboxylic acids is 2. The zero-order chi connectivity index (χ0) is 11.7. The van der Waals surface area contributed by atoms with Crippen molar-refractivity contribution in [3.8, 4) is 0 Å². The van der Waals surface area contributed by atoms with Gasteiger partial charge in [0.15, 0.2) is 0 Å². The Morgan fingerprint density at radius 3 is 2.56 bits per heavy atom. The van der Waals surface area contributed by atoms with Gasteiger partial charge in [0.25, 0.3) is 0 Å². The number of fused-ring (bicyclic) bond motifs is 1. The van der Waals surface area contributed by atoms with Crippen molar-refractivity contribution >= 4 is 11.9 Å². The van der Waals surface area contributed by atoms with Crippen LogP contribution in [0.3, 0.4) is 0 Å². The molecule has 0 radical (unpaired) electrons. The predicted octanol–water partition coefficient (Wildman–Crippen LogP) is 1.83. The molecule has 0 aromatic rings. The molecule has 2 aliphatic carbocycles. The van der Waals surface area contributed by atoms with E-state index in [-0.39, 0.29) is 0 Å². The summed E-state index contributed by atoms with van der Waals surface area (Å²) in [6, 6.07) is 0. The van der Waals surface area contributed by atoms with Gasteiger partial charge < -0.3 is 10.2 Å². The minimum atomic E-state index is -1.02. The van der Waals surface area contributed by atoms with Gasteiger partial charge in [-0.15, -0.1) is 0 Å². The fraction of sp³-hybridized carbons (Fsp3) is 0.500. The molecule has 0 amide bonds. The highest BCUT2D eigenvalue weighted by Crippen LogP contribution is 2.39. The van der Waals surface area contributed by atoms with E-state index in [2.05, 4.69) is 0 Å². The van der Waals surface area contributed by atoms with E-state index in [4.69, 9.17) is 10.2 Å². The van der Waals surface area contributed by atoms with Gasteiger partial charge in [0, 0.05) is 0 Å². The first kappa shape index (κ1) is 10.9. The number of hydrogen-bond acceptors (Lipinski definition) is 2. The van der Waals surface area contributed by atoms with Crippen LogP contribution in [0.15, 0.2) is 23.3 Å². The second kappa shape index (κ2) is 4.12. The van der Waals surface area contributed by atoms with Gasteiger partial charge >= 0.3 is 11.9 Å². The molecule has 0 aromatic carbocycles. The highest BCUT2D eigenvalue weighted by atomic mass is 16.4. The first-order valence-electron chi connectivity index (χ1n) is 5.46. The molecule has 0 aromatic heterocycles. The van der Waals surface area contributed by atoms with E-state index in [1.54, 1.807) is 0 Å². The molecule has 0 bridgehead atoms. The minimum absolute atomic E-state index is 0.332. The van der Waals surface area contributed by atoms with Gasteiger partial charge in [-0.25, -0.2) is 0 Å². The molecule has 86 valence electrons. The quantitative estimate of drug-likeness (QED) is 0.747. The second-order valence-electron chi connectivity index (χ2n) is 4.28. The Morgan fingerprint density at radius 2 is 1.94 bits per heavy atom. The van der Waals surface area contributed by atoms with Crippen LogP contribution in [-0.2, 0) is 9.59 Å². The summed E-state index contributed by atoms with van der Waals surface area (Å²) in [6.07, 6.45) is 6.87. The van der Waals surface area contributed by atoms with E-state index in [0.717, 1.165) is 30.4 Å². The average molecular weight is 222 g/mol. The highest BCUT2D eigenvalue weighted by molar-refractivity contribution is 5.84. The third kappa shape index (κ3) is 1.75. The number of allylic oxidation sites excluding steroid dienone is 3. The normalized spacial score (nSPS) is 28.8. The molecule has 0 saturated carbocycles. The van der Waals surface area contributed by atoms with Crippen LogP contribution in [0.1, 0.15) is 25.7 Å². The van der Waals surface area contributed by atoms with Crippen molar-refractivity contribution in [3.63, 3.8) is 0 Å². The molecule has 2 rings (SSSR count). The predicted molar refractivity (Wildman–Crippen MR) is 56.9 cm³/mol. The number of rotatable bonds is 2. The first-order chi connectivity index (χ1) is 7.61. The van der Waals surface area contributed by atoms with Crippen LogP contribution < -0.4 is 0 Å². The Bertz CT molecular complexity index is 392. The van der Waals surface area contributed by atoms with Gasteiger partial charge in [0.2, 0.25) is 0 Å². The SMILES string of the molecule is O=C(O)C1CC=C2CCCC=C2C1C(=O)O. The van der Waals surface area contributed by atoms with Gasteiger partial charge in [0.05, 0.1) is 11.8 Å². The van der Waals surface area contributed by atoms with Gasteiger partial charge in [-0.3, -0.25) is 9.59 Å². The van der Waals surface area contributed by atoms with Gasteiger partial charge in [0.1, 0.15) is 0 Å². The minimum Gasteiger partial charge on any atom is -0.481 e. The molecule has 2 atom stereocenters. The average Bonchev–Trinajstić information content (AvgIpc) is 2.27. The Kier molecular flexibility index (Phi) is 2.81. The number of hydrogen-bond donors (Lipinski definition) is 2. The van der Waals surface area contributed by atoms with E-state index in [1.807, 2.05) is 12.2 Å². The van der Waals surface area contributed by atoms with Crippen molar-refractivity contribution in [2.24, 2.45) is 11.8 Å². The summed E-state index contributed by atoms with van der Waals surface area (Å²) in [4.78, 5) is 22.2. The van der Waals surface area contributed by atoms with Crippen LogP contribution >= 0.6 is 0 Å². The van der Waals surface area contributed by atoms with E-state index < -0.39 is 23.8 Å². The third-order valence-corrected chi connectivity index (χ3v) is 3.32. The summed E-state index contributed by atoms with van der Waals surface area (Å²) in [5.74, 6) is -3.72. The van der Waals surface area contributed by atoms with Crippen LogP contribution in [0.5, 0.6) is 0 Å². The lowest BCUT2D eigenvalue weighted by Crippen LogP contribution is -2.34. The lowest BCUT2D eigenvalue weighted by Gasteiger charge is -2.30. The van der Waals surface area contributed by atoms with Crippen LogP contribution in [0, 0.1) is 11.8 Å². The molecule has 4 nitrogen and oxygen atoms in total. The third-order valence-electron chi connectivity index (χ3n) is 3.32. The number of aliphatic carboxylic acids is 2. The standard InChI is InChI=1S/C12H14O4/c13-11(14)9-6-5-7-3-1-2-4-8(7)10(9)12(15)16/h4-5,9-10H,1-3,6H2,(H,13,14)(H,15,16). The fourth-order valence-corrected chi connectivity index (χ4v) is 2.54. The van der Waals surface area contributed by atoms with Crippen molar-refractivity contribution in [1.29, 1.82) is 0 Å². The molecule has 0 spiro atoms. The fourth-order valence-electron chi connectivity index (χ4n) is 2.54. The summed E-state index contributed by atoms with van der Waals surface area (Å²) in [7, 11) is 0. The molecular weight excluding hydrogens is 208 g/mol. The smallest absolute Gasteiger partial charge is 0.311 e. The van der Waals surface area contributed by atoms with Crippen LogP contribution in [0.2, 0.25) is 0 Å². The van der Waals surface area contributed by atoms with Crippen LogP contribution in [0.25, 0.3) is 0 Å². The van der Waals surface area contributed by atoms with Gasteiger partial charge in [-0.2, -0.15) is 0 Å². The molecular formula is C12H14O4.